The summed E-state index contributed by atoms with van der Waals surface area (Å²) in [6, 6.07) is 12.7. The fourth-order valence-corrected chi connectivity index (χ4v) is 1.93. The summed E-state index contributed by atoms with van der Waals surface area (Å²) in [6.45, 7) is 1.65. The molecule has 0 bridgehead atoms. The molecule has 0 spiro atoms. The number of carbonyl (C=O) groups excluding carboxylic acids is 2. The Morgan fingerprint density at radius 2 is 1.71 bits per heavy atom. The molecule has 2 aromatic carbocycles. The Labute approximate surface area is 140 Å². The zero-order chi connectivity index (χ0) is 17.5. The summed E-state index contributed by atoms with van der Waals surface area (Å²) in [7, 11) is 1.52. The Kier molecular flexibility index (Phi) is 5.89. The Morgan fingerprint density at radius 1 is 1.08 bits per heavy atom. The third kappa shape index (κ3) is 5.39. The first-order valence-corrected chi connectivity index (χ1v) is 7.43. The minimum Gasteiger partial charge on any atom is -0.484 e. The first kappa shape index (κ1) is 17.5. The van der Waals surface area contributed by atoms with Crippen molar-refractivity contribution in [2.75, 3.05) is 25.5 Å². The lowest BCUT2D eigenvalue weighted by Gasteiger charge is -2.17. The van der Waals surface area contributed by atoms with Crippen LogP contribution in [0.1, 0.15) is 5.56 Å². The Bertz CT molecular complexity index is 699. The van der Waals surface area contributed by atoms with Crippen molar-refractivity contribution in [3.8, 4) is 5.75 Å². The van der Waals surface area contributed by atoms with Crippen LogP contribution in [0, 0.1) is 12.7 Å². The van der Waals surface area contributed by atoms with E-state index in [-0.39, 0.29) is 30.8 Å². The van der Waals surface area contributed by atoms with Gasteiger partial charge in [0.05, 0.1) is 6.54 Å². The fraction of sp³-hybridized carbons (Fsp3) is 0.222. The molecular formula is C18H19FN2O3. The molecule has 0 atom stereocenters. The molecule has 0 unspecified atom stereocenters. The third-order valence-corrected chi connectivity index (χ3v) is 3.32. The van der Waals surface area contributed by atoms with Crippen molar-refractivity contribution in [3.63, 3.8) is 0 Å². The van der Waals surface area contributed by atoms with Crippen molar-refractivity contribution in [1.29, 1.82) is 0 Å². The second-order valence-corrected chi connectivity index (χ2v) is 5.41. The number of hydrogen-bond donors (Lipinski definition) is 1. The molecule has 0 radical (unpaired) electrons. The summed E-state index contributed by atoms with van der Waals surface area (Å²) in [5.74, 6) is -0.629. The molecule has 6 heteroatoms. The predicted octanol–water partition coefficient (Wildman–Crippen LogP) is 2.61. The molecule has 2 rings (SSSR count). The number of anilines is 1. The number of amides is 2. The molecule has 2 aromatic rings. The van der Waals surface area contributed by atoms with Gasteiger partial charge in [-0.1, -0.05) is 17.7 Å². The van der Waals surface area contributed by atoms with Gasteiger partial charge in [-0.2, -0.15) is 0 Å². The molecule has 24 heavy (non-hydrogen) atoms. The molecule has 0 fully saturated rings. The Morgan fingerprint density at radius 3 is 2.33 bits per heavy atom. The molecule has 0 saturated carbocycles. The second kappa shape index (κ2) is 8.10. The van der Waals surface area contributed by atoms with Crippen LogP contribution in [0.4, 0.5) is 10.1 Å². The molecular weight excluding hydrogens is 311 g/mol. The zero-order valence-electron chi connectivity index (χ0n) is 13.6. The number of ether oxygens (including phenoxy) is 1. The summed E-state index contributed by atoms with van der Waals surface area (Å²) in [6.07, 6.45) is 0. The molecule has 1 N–H and O–H groups in total. The number of carbonyl (C=O) groups is 2. The number of rotatable bonds is 6. The standard InChI is InChI=1S/C18H19FN2O3/c1-13-3-7-15(8-4-13)20-17(22)11-21(2)18(23)12-24-16-9-5-14(19)6-10-16/h3-10H,11-12H2,1-2H3,(H,20,22). The van der Waals surface area contributed by atoms with Crippen LogP contribution in [-0.4, -0.2) is 36.9 Å². The van der Waals surface area contributed by atoms with Gasteiger partial charge in [0.2, 0.25) is 5.91 Å². The summed E-state index contributed by atoms with van der Waals surface area (Å²) >= 11 is 0. The average molecular weight is 330 g/mol. The van der Waals surface area contributed by atoms with Gasteiger partial charge in [0, 0.05) is 12.7 Å². The van der Waals surface area contributed by atoms with E-state index in [2.05, 4.69) is 5.32 Å². The third-order valence-electron chi connectivity index (χ3n) is 3.32. The van der Waals surface area contributed by atoms with Crippen LogP contribution in [0.25, 0.3) is 0 Å². The molecule has 0 aliphatic rings. The van der Waals surface area contributed by atoms with Crippen LogP contribution >= 0.6 is 0 Å². The van der Waals surface area contributed by atoms with Crippen molar-refractivity contribution in [2.24, 2.45) is 0 Å². The molecule has 5 nitrogen and oxygen atoms in total. The normalized spacial score (nSPS) is 10.1. The molecule has 0 aliphatic heterocycles. The average Bonchev–Trinajstić information content (AvgIpc) is 2.56. The van der Waals surface area contributed by atoms with Crippen LogP contribution in [0.3, 0.4) is 0 Å². The quantitative estimate of drug-likeness (QED) is 0.886. The number of likely N-dealkylation sites (N-methyl/N-ethyl adjacent to an activating group) is 1. The summed E-state index contributed by atoms with van der Waals surface area (Å²) in [5, 5.41) is 2.72. The predicted molar refractivity (Wildman–Crippen MR) is 89.3 cm³/mol. The first-order chi connectivity index (χ1) is 11.4. The highest BCUT2D eigenvalue weighted by molar-refractivity contribution is 5.94. The highest BCUT2D eigenvalue weighted by Gasteiger charge is 2.13. The zero-order valence-corrected chi connectivity index (χ0v) is 13.6. The van der Waals surface area contributed by atoms with E-state index >= 15 is 0 Å². The Balaban J connectivity index is 1.78. The number of aryl methyl sites for hydroxylation is 1. The van der Waals surface area contributed by atoms with Gasteiger partial charge >= 0.3 is 0 Å². The summed E-state index contributed by atoms with van der Waals surface area (Å²) < 4.78 is 18.1. The van der Waals surface area contributed by atoms with Gasteiger partial charge in [0.1, 0.15) is 11.6 Å². The van der Waals surface area contributed by atoms with Gasteiger partial charge in [-0.25, -0.2) is 4.39 Å². The van der Waals surface area contributed by atoms with E-state index in [0.29, 0.717) is 11.4 Å². The minimum atomic E-state index is -0.376. The van der Waals surface area contributed by atoms with E-state index in [9.17, 15) is 14.0 Å². The topological polar surface area (TPSA) is 58.6 Å². The van der Waals surface area contributed by atoms with E-state index in [4.69, 9.17) is 4.74 Å². The number of nitrogens with one attached hydrogen (secondary N) is 1. The number of benzene rings is 2. The number of hydrogen-bond acceptors (Lipinski definition) is 3. The summed E-state index contributed by atoms with van der Waals surface area (Å²) in [5.41, 5.74) is 1.77. The van der Waals surface area contributed by atoms with E-state index in [1.807, 2.05) is 19.1 Å². The van der Waals surface area contributed by atoms with Crippen molar-refractivity contribution in [2.45, 2.75) is 6.92 Å². The highest BCUT2D eigenvalue weighted by Crippen LogP contribution is 2.11. The molecule has 126 valence electrons. The van der Waals surface area contributed by atoms with Gasteiger partial charge < -0.3 is 15.0 Å². The van der Waals surface area contributed by atoms with E-state index in [1.165, 1.54) is 36.2 Å². The van der Waals surface area contributed by atoms with E-state index in [0.717, 1.165) is 5.56 Å². The van der Waals surface area contributed by atoms with Crippen molar-refractivity contribution < 1.29 is 18.7 Å². The molecule has 0 aliphatic carbocycles. The minimum absolute atomic E-state index is 0.0838. The van der Waals surface area contributed by atoms with Crippen molar-refractivity contribution >= 4 is 17.5 Å². The van der Waals surface area contributed by atoms with Gasteiger partial charge in [-0.05, 0) is 43.3 Å². The largest absolute Gasteiger partial charge is 0.484 e. The van der Waals surface area contributed by atoms with Gasteiger partial charge in [-0.15, -0.1) is 0 Å². The fourth-order valence-electron chi connectivity index (χ4n) is 1.93. The molecule has 2 amide bonds. The maximum atomic E-state index is 12.8. The maximum absolute atomic E-state index is 12.8. The highest BCUT2D eigenvalue weighted by atomic mass is 19.1. The van der Waals surface area contributed by atoms with E-state index in [1.54, 1.807) is 12.1 Å². The number of halogens is 1. The van der Waals surface area contributed by atoms with Crippen LogP contribution < -0.4 is 10.1 Å². The number of nitrogens with zero attached hydrogens (tertiary/aromatic N) is 1. The lowest BCUT2D eigenvalue weighted by atomic mass is 10.2. The van der Waals surface area contributed by atoms with Gasteiger partial charge in [-0.3, -0.25) is 9.59 Å². The van der Waals surface area contributed by atoms with E-state index < -0.39 is 0 Å². The summed E-state index contributed by atoms with van der Waals surface area (Å²) in [4.78, 5) is 25.2. The van der Waals surface area contributed by atoms with Gasteiger partial charge in [0.15, 0.2) is 6.61 Å². The monoisotopic (exact) mass is 330 g/mol. The van der Waals surface area contributed by atoms with Crippen LogP contribution in [-0.2, 0) is 9.59 Å². The lowest BCUT2D eigenvalue weighted by molar-refractivity contribution is -0.135. The van der Waals surface area contributed by atoms with Crippen molar-refractivity contribution in [1.82, 2.24) is 4.90 Å². The lowest BCUT2D eigenvalue weighted by Crippen LogP contribution is -2.37. The first-order valence-electron chi connectivity index (χ1n) is 7.43. The maximum Gasteiger partial charge on any atom is 0.260 e. The van der Waals surface area contributed by atoms with Crippen molar-refractivity contribution in [3.05, 3.63) is 59.9 Å². The Hall–Kier alpha value is -2.89. The van der Waals surface area contributed by atoms with Crippen LogP contribution in [0.15, 0.2) is 48.5 Å². The smallest absolute Gasteiger partial charge is 0.260 e. The molecule has 0 aromatic heterocycles. The van der Waals surface area contributed by atoms with Crippen LogP contribution in [0.2, 0.25) is 0 Å². The van der Waals surface area contributed by atoms with Crippen LogP contribution in [0.5, 0.6) is 5.75 Å². The molecule has 0 saturated heterocycles. The van der Waals surface area contributed by atoms with Gasteiger partial charge in [0.25, 0.3) is 5.91 Å². The SMILES string of the molecule is Cc1ccc(NC(=O)CN(C)C(=O)COc2ccc(F)cc2)cc1. The molecule has 0 heterocycles. The second-order valence-electron chi connectivity index (χ2n) is 5.41.